The van der Waals surface area contributed by atoms with Crippen LogP contribution in [0.2, 0.25) is 5.02 Å². The van der Waals surface area contributed by atoms with E-state index in [2.05, 4.69) is 10.6 Å². The summed E-state index contributed by atoms with van der Waals surface area (Å²) in [5.74, 6) is -0.264. The Kier molecular flexibility index (Phi) is 5.92. The van der Waals surface area contributed by atoms with Crippen LogP contribution in [0, 0.1) is 5.41 Å². The number of benzene rings is 1. The molecule has 1 aromatic heterocycles. The molecule has 1 heterocycles. The molecule has 144 valence electrons. The van der Waals surface area contributed by atoms with Crippen molar-refractivity contribution in [3.05, 3.63) is 45.3 Å². The summed E-state index contributed by atoms with van der Waals surface area (Å²) in [6, 6.07) is 7.04. The molecule has 0 radical (unpaired) electrons. The van der Waals surface area contributed by atoms with Gasteiger partial charge in [-0.25, -0.2) is 0 Å². The number of hydrogen-bond acceptors (Lipinski definition) is 3. The van der Waals surface area contributed by atoms with Gasteiger partial charge < -0.3 is 10.6 Å². The smallest absolute Gasteiger partial charge is 0.258 e. The van der Waals surface area contributed by atoms with Crippen LogP contribution < -0.4 is 10.6 Å². The minimum absolute atomic E-state index is 0.0838. The Labute approximate surface area is 169 Å². The first-order valence-electron chi connectivity index (χ1n) is 9.28. The van der Waals surface area contributed by atoms with Gasteiger partial charge in [0.05, 0.1) is 5.56 Å². The van der Waals surface area contributed by atoms with E-state index >= 15 is 0 Å². The number of hydrogen-bond donors (Lipinski definition) is 2. The Hall–Kier alpha value is -1.85. The summed E-state index contributed by atoms with van der Waals surface area (Å²) in [4.78, 5) is 26.9. The molecule has 0 saturated carbocycles. The second-order valence-electron chi connectivity index (χ2n) is 7.93. The molecule has 0 bridgehead atoms. The van der Waals surface area contributed by atoms with E-state index in [0.29, 0.717) is 21.3 Å². The third-order valence-corrected chi connectivity index (χ3v) is 6.12. The molecule has 2 N–H and O–H groups in total. The van der Waals surface area contributed by atoms with Crippen LogP contribution in [0.15, 0.2) is 24.3 Å². The normalized spacial score (nSPS) is 14.2. The highest BCUT2D eigenvalue weighted by molar-refractivity contribution is 7.17. The van der Waals surface area contributed by atoms with Crippen molar-refractivity contribution in [2.45, 2.75) is 52.9 Å². The minimum atomic E-state index is -0.523. The van der Waals surface area contributed by atoms with Crippen LogP contribution in [0.25, 0.3) is 0 Å². The lowest BCUT2D eigenvalue weighted by atomic mass is 9.95. The summed E-state index contributed by atoms with van der Waals surface area (Å²) in [6.45, 7) is 5.61. The number of anilines is 2. The van der Waals surface area contributed by atoms with E-state index in [1.807, 2.05) is 20.8 Å². The Morgan fingerprint density at radius 3 is 2.33 bits per heavy atom. The largest absolute Gasteiger partial charge is 0.322 e. The number of rotatable bonds is 3. The Morgan fingerprint density at radius 1 is 1.00 bits per heavy atom. The standard InChI is InChI=1S/C21H25ClN2O2S/c1-21(2,3)20(26)24-19-17(15-7-5-4-6-8-16(15)27-19)18(25)23-14-11-9-13(22)10-12-14/h9-12H,4-8H2,1-3H3,(H,23,25)(H,24,26). The van der Waals surface area contributed by atoms with Crippen LogP contribution in [-0.2, 0) is 17.6 Å². The fourth-order valence-corrected chi connectivity index (χ4v) is 4.50. The number of carbonyl (C=O) groups excluding carboxylic acids is 2. The molecule has 1 aromatic carbocycles. The van der Waals surface area contributed by atoms with E-state index < -0.39 is 5.41 Å². The molecule has 2 amide bonds. The van der Waals surface area contributed by atoms with Gasteiger partial charge in [-0.2, -0.15) is 0 Å². The number of carbonyl (C=O) groups is 2. The molecule has 3 rings (SSSR count). The molecule has 27 heavy (non-hydrogen) atoms. The molecule has 0 aliphatic heterocycles. The number of halogens is 1. The average Bonchev–Trinajstić information content (AvgIpc) is 2.77. The second-order valence-corrected chi connectivity index (χ2v) is 9.48. The van der Waals surface area contributed by atoms with Crippen molar-refractivity contribution in [1.29, 1.82) is 0 Å². The lowest BCUT2D eigenvalue weighted by Crippen LogP contribution is -2.28. The van der Waals surface area contributed by atoms with Crippen LogP contribution in [-0.4, -0.2) is 11.8 Å². The number of fused-ring (bicyclic) bond motifs is 1. The van der Waals surface area contributed by atoms with Gasteiger partial charge in [-0.1, -0.05) is 38.8 Å². The zero-order valence-electron chi connectivity index (χ0n) is 15.9. The number of aryl methyl sites for hydroxylation is 1. The van der Waals surface area contributed by atoms with Gasteiger partial charge in [0.15, 0.2) is 0 Å². The van der Waals surface area contributed by atoms with E-state index in [0.717, 1.165) is 31.2 Å². The van der Waals surface area contributed by atoms with Crippen LogP contribution in [0.3, 0.4) is 0 Å². The predicted octanol–water partition coefficient (Wildman–Crippen LogP) is 5.91. The first kappa shape index (κ1) is 19.9. The molecule has 0 spiro atoms. The number of nitrogens with one attached hydrogen (secondary N) is 2. The summed E-state index contributed by atoms with van der Waals surface area (Å²) >= 11 is 7.47. The van der Waals surface area contributed by atoms with Gasteiger partial charge in [-0.3, -0.25) is 9.59 Å². The van der Waals surface area contributed by atoms with Crippen LogP contribution in [0.1, 0.15) is 60.8 Å². The van der Waals surface area contributed by atoms with Crippen molar-refractivity contribution in [3.8, 4) is 0 Å². The Balaban J connectivity index is 1.95. The minimum Gasteiger partial charge on any atom is -0.322 e. The quantitative estimate of drug-likeness (QED) is 0.625. The van der Waals surface area contributed by atoms with Crippen molar-refractivity contribution in [1.82, 2.24) is 0 Å². The van der Waals surface area contributed by atoms with Gasteiger partial charge in [-0.05, 0) is 55.5 Å². The first-order valence-corrected chi connectivity index (χ1v) is 10.5. The molecule has 0 unspecified atom stereocenters. The van der Waals surface area contributed by atoms with Crippen molar-refractivity contribution in [2.24, 2.45) is 5.41 Å². The highest BCUT2D eigenvalue weighted by atomic mass is 35.5. The molecular formula is C21H25ClN2O2S. The summed E-state index contributed by atoms with van der Waals surface area (Å²) in [5, 5.41) is 7.24. The Bertz CT molecular complexity index is 850. The van der Waals surface area contributed by atoms with E-state index in [4.69, 9.17) is 11.6 Å². The third kappa shape index (κ3) is 4.71. The van der Waals surface area contributed by atoms with Gasteiger partial charge >= 0.3 is 0 Å². The number of thiophene rings is 1. The van der Waals surface area contributed by atoms with E-state index in [-0.39, 0.29) is 11.8 Å². The topological polar surface area (TPSA) is 58.2 Å². The summed E-state index contributed by atoms with van der Waals surface area (Å²) < 4.78 is 0. The van der Waals surface area contributed by atoms with Crippen molar-refractivity contribution < 1.29 is 9.59 Å². The lowest BCUT2D eigenvalue weighted by Gasteiger charge is -2.18. The lowest BCUT2D eigenvalue weighted by molar-refractivity contribution is -0.123. The maximum Gasteiger partial charge on any atom is 0.258 e. The zero-order chi connectivity index (χ0) is 19.6. The van der Waals surface area contributed by atoms with Crippen LogP contribution in [0.5, 0.6) is 0 Å². The maximum atomic E-state index is 13.1. The fraction of sp³-hybridized carbons (Fsp3) is 0.429. The number of amides is 2. The predicted molar refractivity (Wildman–Crippen MR) is 113 cm³/mol. The zero-order valence-corrected chi connectivity index (χ0v) is 17.5. The molecule has 0 fully saturated rings. The SMILES string of the molecule is CC(C)(C)C(=O)Nc1sc2c(c1C(=O)Nc1ccc(Cl)cc1)CCCCC2. The average molecular weight is 405 g/mol. The van der Waals surface area contributed by atoms with Crippen molar-refractivity contribution in [2.75, 3.05) is 10.6 Å². The van der Waals surface area contributed by atoms with Gasteiger partial charge in [0.25, 0.3) is 5.91 Å². The molecule has 0 saturated heterocycles. The molecule has 1 aliphatic carbocycles. The van der Waals surface area contributed by atoms with Crippen LogP contribution in [0.4, 0.5) is 10.7 Å². The summed E-state index contributed by atoms with van der Waals surface area (Å²) in [6.07, 6.45) is 5.20. The van der Waals surface area contributed by atoms with Crippen molar-refractivity contribution in [3.63, 3.8) is 0 Å². The summed E-state index contributed by atoms with van der Waals surface area (Å²) in [5.41, 5.74) is 1.87. The van der Waals surface area contributed by atoms with E-state index in [1.54, 1.807) is 35.6 Å². The second kappa shape index (κ2) is 8.03. The molecule has 6 heteroatoms. The highest BCUT2D eigenvalue weighted by Gasteiger charge is 2.28. The molecule has 2 aromatic rings. The van der Waals surface area contributed by atoms with Crippen molar-refractivity contribution >= 4 is 45.4 Å². The molecule has 4 nitrogen and oxygen atoms in total. The molecule has 0 atom stereocenters. The highest BCUT2D eigenvalue weighted by Crippen LogP contribution is 2.38. The maximum absolute atomic E-state index is 13.1. The van der Waals surface area contributed by atoms with Gasteiger partial charge in [0.1, 0.15) is 5.00 Å². The van der Waals surface area contributed by atoms with Crippen LogP contribution >= 0.6 is 22.9 Å². The molecular weight excluding hydrogens is 380 g/mol. The van der Waals surface area contributed by atoms with E-state index in [9.17, 15) is 9.59 Å². The van der Waals surface area contributed by atoms with Gasteiger partial charge in [-0.15, -0.1) is 11.3 Å². The van der Waals surface area contributed by atoms with Gasteiger partial charge in [0, 0.05) is 21.0 Å². The monoisotopic (exact) mass is 404 g/mol. The first-order chi connectivity index (χ1) is 12.8. The Morgan fingerprint density at radius 2 is 1.67 bits per heavy atom. The molecule has 1 aliphatic rings. The van der Waals surface area contributed by atoms with Gasteiger partial charge in [0.2, 0.25) is 5.91 Å². The third-order valence-electron chi connectivity index (χ3n) is 4.66. The van der Waals surface area contributed by atoms with E-state index in [1.165, 1.54) is 11.3 Å². The summed E-state index contributed by atoms with van der Waals surface area (Å²) in [7, 11) is 0. The fourth-order valence-electron chi connectivity index (χ4n) is 3.09.